The van der Waals surface area contributed by atoms with Crippen LogP contribution in [-0.4, -0.2) is 62.2 Å². The number of nitrogens with one attached hydrogen (secondary N) is 1. The Morgan fingerprint density at radius 3 is 2.34 bits per heavy atom. The van der Waals surface area contributed by atoms with Gasteiger partial charge in [-0.2, -0.15) is 0 Å². The zero-order valence-electron chi connectivity index (χ0n) is 17.0. The van der Waals surface area contributed by atoms with E-state index in [4.69, 9.17) is 0 Å². The van der Waals surface area contributed by atoms with Crippen LogP contribution in [0, 0.1) is 0 Å². The number of carbonyl (C=O) groups excluding carboxylic acids is 1. The Morgan fingerprint density at radius 1 is 1.07 bits per heavy atom. The van der Waals surface area contributed by atoms with Crippen LogP contribution in [0.2, 0.25) is 0 Å². The maximum absolute atomic E-state index is 12.6. The van der Waals surface area contributed by atoms with Gasteiger partial charge >= 0.3 is 0 Å². The number of nitrogens with zero attached hydrogens (tertiary/aromatic N) is 4. The van der Waals surface area contributed by atoms with Crippen LogP contribution in [0.3, 0.4) is 0 Å². The third kappa shape index (κ3) is 4.86. The Labute approximate surface area is 170 Å². The average molecular weight is 416 g/mol. The monoisotopic (exact) mass is 415 g/mol. The predicted molar refractivity (Wildman–Crippen MR) is 116 cm³/mol. The number of likely N-dealkylation sites (N-methyl/N-ethyl adjacent to an activating group) is 2. The van der Waals surface area contributed by atoms with Crippen molar-refractivity contribution in [1.29, 1.82) is 0 Å². The summed E-state index contributed by atoms with van der Waals surface area (Å²) in [5, 5.41) is 0. The Morgan fingerprint density at radius 2 is 1.72 bits per heavy atom. The molecular formula is C20H25N5O3S. The number of amides is 1. The smallest absolute Gasteiger partial charge is 0.253 e. The lowest BCUT2D eigenvalue weighted by atomic mass is 10.2. The fraction of sp³-hybridized carbons (Fsp3) is 0.300. The van der Waals surface area contributed by atoms with E-state index in [1.54, 1.807) is 36.2 Å². The topological polar surface area (TPSA) is 87.5 Å². The number of sulfonamides is 1. The molecule has 0 aliphatic carbocycles. The molecule has 1 aromatic heterocycles. The van der Waals surface area contributed by atoms with Gasteiger partial charge in [0.1, 0.15) is 0 Å². The van der Waals surface area contributed by atoms with Crippen molar-refractivity contribution in [3.05, 3.63) is 54.1 Å². The van der Waals surface area contributed by atoms with Gasteiger partial charge in [-0.1, -0.05) is 12.1 Å². The second-order valence-electron chi connectivity index (χ2n) is 7.06. The van der Waals surface area contributed by atoms with Gasteiger partial charge in [-0.05, 0) is 36.4 Å². The summed E-state index contributed by atoms with van der Waals surface area (Å²) in [5.41, 5.74) is 2.91. The fourth-order valence-corrected chi connectivity index (χ4v) is 3.66. The lowest BCUT2D eigenvalue weighted by Gasteiger charge is -2.23. The quantitative estimate of drug-likeness (QED) is 0.639. The number of fused-ring (bicyclic) bond motifs is 1. The van der Waals surface area contributed by atoms with Crippen molar-refractivity contribution in [1.82, 2.24) is 14.5 Å². The standard InChI is InChI=1S/C20H25N5O3S/c1-23(19(26)15-9-11-16(12-10-15)22-29(4,27)28)13-14-24(2)20-21-17-7-5-6-8-18(17)25(20)3/h5-12,22H,13-14H2,1-4H3. The summed E-state index contributed by atoms with van der Waals surface area (Å²) in [7, 11) is 2.32. The highest BCUT2D eigenvalue weighted by Gasteiger charge is 2.15. The lowest BCUT2D eigenvalue weighted by Crippen LogP contribution is -2.35. The molecule has 0 saturated carbocycles. The van der Waals surface area contributed by atoms with Crippen LogP contribution in [0.1, 0.15) is 10.4 Å². The maximum Gasteiger partial charge on any atom is 0.253 e. The highest BCUT2D eigenvalue weighted by atomic mass is 32.2. The molecule has 3 aromatic rings. The van der Waals surface area contributed by atoms with Crippen LogP contribution in [-0.2, 0) is 17.1 Å². The van der Waals surface area contributed by atoms with E-state index in [0.717, 1.165) is 23.2 Å². The van der Waals surface area contributed by atoms with Crippen molar-refractivity contribution in [2.24, 2.45) is 7.05 Å². The molecule has 9 heteroatoms. The minimum absolute atomic E-state index is 0.130. The molecule has 3 rings (SSSR count). The number of aryl methyl sites for hydroxylation is 1. The van der Waals surface area contributed by atoms with Crippen molar-refractivity contribution in [3.8, 4) is 0 Å². The first-order valence-corrected chi connectivity index (χ1v) is 11.0. The van der Waals surface area contributed by atoms with Crippen molar-refractivity contribution in [3.63, 3.8) is 0 Å². The Balaban J connectivity index is 1.62. The Hall–Kier alpha value is -3.07. The number of carbonyl (C=O) groups is 1. The number of para-hydroxylation sites is 2. The van der Waals surface area contributed by atoms with Crippen molar-refractivity contribution < 1.29 is 13.2 Å². The fourth-order valence-electron chi connectivity index (χ4n) is 3.09. The third-order valence-corrected chi connectivity index (χ3v) is 5.26. The van der Waals surface area contributed by atoms with E-state index >= 15 is 0 Å². The number of rotatable bonds is 7. The molecule has 0 aliphatic heterocycles. The van der Waals surface area contributed by atoms with E-state index in [-0.39, 0.29) is 5.91 Å². The maximum atomic E-state index is 12.6. The molecule has 29 heavy (non-hydrogen) atoms. The zero-order valence-corrected chi connectivity index (χ0v) is 17.8. The number of aromatic nitrogens is 2. The van der Waals surface area contributed by atoms with Gasteiger partial charge in [-0.15, -0.1) is 0 Å². The molecule has 0 bridgehead atoms. The summed E-state index contributed by atoms with van der Waals surface area (Å²) < 4.78 is 27.0. The van der Waals surface area contributed by atoms with Crippen LogP contribution < -0.4 is 9.62 Å². The number of hydrogen-bond donors (Lipinski definition) is 1. The molecule has 0 unspecified atom stereocenters. The molecule has 154 valence electrons. The van der Waals surface area contributed by atoms with Gasteiger partial charge in [-0.3, -0.25) is 9.52 Å². The molecular weight excluding hydrogens is 390 g/mol. The van der Waals surface area contributed by atoms with E-state index in [1.165, 1.54) is 0 Å². The van der Waals surface area contributed by atoms with Gasteiger partial charge in [0.25, 0.3) is 5.91 Å². The molecule has 0 atom stereocenters. The molecule has 0 saturated heterocycles. The first kappa shape index (κ1) is 20.7. The summed E-state index contributed by atoms with van der Waals surface area (Å²) >= 11 is 0. The minimum Gasteiger partial charge on any atom is -0.344 e. The van der Waals surface area contributed by atoms with Gasteiger partial charge < -0.3 is 14.4 Å². The number of hydrogen-bond acceptors (Lipinski definition) is 5. The minimum atomic E-state index is -3.34. The predicted octanol–water partition coefficient (Wildman–Crippen LogP) is 2.15. The normalized spacial score (nSPS) is 11.4. The summed E-state index contributed by atoms with van der Waals surface area (Å²) in [4.78, 5) is 21.0. The lowest BCUT2D eigenvalue weighted by molar-refractivity contribution is 0.0798. The van der Waals surface area contributed by atoms with Crippen molar-refractivity contribution >= 4 is 38.6 Å². The van der Waals surface area contributed by atoms with Gasteiger partial charge in [0.2, 0.25) is 16.0 Å². The van der Waals surface area contributed by atoms with Crippen LogP contribution in [0.4, 0.5) is 11.6 Å². The van der Waals surface area contributed by atoms with Gasteiger partial charge in [-0.25, -0.2) is 13.4 Å². The summed E-state index contributed by atoms with van der Waals surface area (Å²) in [5.74, 6) is 0.706. The molecule has 8 nitrogen and oxygen atoms in total. The highest BCUT2D eigenvalue weighted by Crippen LogP contribution is 2.20. The van der Waals surface area contributed by atoms with Crippen molar-refractivity contribution in [2.45, 2.75) is 0 Å². The van der Waals surface area contributed by atoms with E-state index < -0.39 is 10.0 Å². The van der Waals surface area contributed by atoms with E-state index in [0.29, 0.717) is 24.3 Å². The van der Waals surface area contributed by atoms with E-state index in [2.05, 4.69) is 9.71 Å². The van der Waals surface area contributed by atoms with Crippen LogP contribution in [0.5, 0.6) is 0 Å². The summed E-state index contributed by atoms with van der Waals surface area (Å²) in [6.07, 6.45) is 1.08. The Kier molecular flexibility index (Phi) is 5.78. The average Bonchev–Trinajstić information content (AvgIpc) is 3.02. The first-order valence-electron chi connectivity index (χ1n) is 9.11. The number of benzene rings is 2. The summed E-state index contributed by atoms with van der Waals surface area (Å²) in [6.45, 7) is 1.13. The highest BCUT2D eigenvalue weighted by molar-refractivity contribution is 7.92. The van der Waals surface area contributed by atoms with Gasteiger partial charge in [0.15, 0.2) is 0 Å². The SMILES string of the molecule is CN(CCN(C)c1nc2ccccc2n1C)C(=O)c1ccc(NS(C)(=O)=O)cc1. The molecule has 1 heterocycles. The zero-order chi connectivity index (χ0) is 21.2. The molecule has 0 fully saturated rings. The van der Waals surface area contributed by atoms with Gasteiger partial charge in [0, 0.05) is 45.5 Å². The van der Waals surface area contributed by atoms with E-state index in [9.17, 15) is 13.2 Å². The van der Waals surface area contributed by atoms with Crippen LogP contribution in [0.25, 0.3) is 11.0 Å². The van der Waals surface area contributed by atoms with Gasteiger partial charge in [0.05, 0.1) is 17.3 Å². The molecule has 0 spiro atoms. The number of imidazole rings is 1. The molecule has 1 amide bonds. The van der Waals surface area contributed by atoms with E-state index in [1.807, 2.05) is 47.8 Å². The molecule has 1 N–H and O–H groups in total. The molecule has 2 aromatic carbocycles. The summed E-state index contributed by atoms with van der Waals surface area (Å²) in [6, 6.07) is 14.3. The molecule has 0 radical (unpaired) electrons. The number of anilines is 2. The second-order valence-corrected chi connectivity index (χ2v) is 8.81. The van der Waals surface area contributed by atoms with Crippen molar-refractivity contribution in [2.75, 3.05) is 43.1 Å². The van der Waals surface area contributed by atoms with Crippen LogP contribution in [0.15, 0.2) is 48.5 Å². The Bertz CT molecular complexity index is 1120. The van der Waals surface area contributed by atoms with Crippen LogP contribution >= 0.6 is 0 Å². The largest absolute Gasteiger partial charge is 0.344 e. The third-order valence-electron chi connectivity index (χ3n) is 4.66. The molecule has 0 aliphatic rings. The second kappa shape index (κ2) is 8.12. The first-order chi connectivity index (χ1) is 13.7.